The maximum Gasteiger partial charge on any atom is 0.255 e. The minimum absolute atomic E-state index is 0.0101. The second-order valence-electron chi connectivity index (χ2n) is 15.2. The van der Waals surface area contributed by atoms with E-state index in [9.17, 15) is 34.8 Å². The van der Waals surface area contributed by atoms with Crippen LogP contribution in [0, 0.1) is 22.7 Å². The van der Waals surface area contributed by atoms with E-state index in [1.807, 2.05) is 6.07 Å². The summed E-state index contributed by atoms with van der Waals surface area (Å²) in [6, 6.07) is 0.796. The van der Waals surface area contributed by atoms with E-state index in [-0.39, 0.29) is 40.6 Å². The number of nitrogens with two attached hydrogens (primary N) is 1. The van der Waals surface area contributed by atoms with E-state index in [2.05, 4.69) is 52.2 Å². The molecular weight excluding hydrogens is 564 g/mol. The summed E-state index contributed by atoms with van der Waals surface area (Å²) in [5.74, 6) is -6.52. The van der Waals surface area contributed by atoms with Gasteiger partial charge in [-0.05, 0) is 60.9 Å². The molecule has 1 saturated carbocycles. The maximum atomic E-state index is 14.2. The number of aromatic hydroxyl groups is 1. The number of nitrogens with one attached hydrogen (secondary N) is 2. The van der Waals surface area contributed by atoms with Crippen LogP contribution in [0.2, 0.25) is 0 Å². The standard InChI is InChI=1S/C33H48N4O7/c1-31(2,3)14-35-12-17-9-18(13-36-15-32(4,5)6)25(38)22-19(17)10-16-11-20-24(37(7)8)27(40)23(30(34)43)29(42)33(20,44)28(41)21(16)26(22)39/h9,16,20,24,35-36,38-39,42,44H,10-15H2,1-8H3,(H2,34,43)/t16-,20-,24?,33-/m1/s1. The van der Waals surface area contributed by atoms with Gasteiger partial charge in [0.05, 0.1) is 11.6 Å². The topological polar surface area (TPSA) is 185 Å². The van der Waals surface area contributed by atoms with Crippen LogP contribution in [0.15, 0.2) is 23.0 Å². The average Bonchev–Trinajstić information content (AvgIpc) is 2.86. The molecule has 3 aliphatic rings. The Hall–Kier alpha value is -3.25. The summed E-state index contributed by atoms with van der Waals surface area (Å²) >= 11 is 0. The number of fused-ring (bicyclic) bond motifs is 3. The van der Waals surface area contributed by atoms with Crippen LogP contribution in [0.25, 0.3) is 5.76 Å². The van der Waals surface area contributed by atoms with Gasteiger partial charge in [-0.3, -0.25) is 19.3 Å². The zero-order chi connectivity index (χ0) is 33.1. The van der Waals surface area contributed by atoms with Gasteiger partial charge in [-0.25, -0.2) is 0 Å². The second kappa shape index (κ2) is 11.6. The summed E-state index contributed by atoms with van der Waals surface area (Å²) in [5, 5.41) is 53.0. The molecule has 44 heavy (non-hydrogen) atoms. The highest BCUT2D eigenvalue weighted by Crippen LogP contribution is 2.53. The quantitative estimate of drug-likeness (QED) is 0.215. The lowest BCUT2D eigenvalue weighted by atomic mass is 9.57. The van der Waals surface area contributed by atoms with Gasteiger partial charge in [0, 0.05) is 43.2 Å². The number of ketones is 2. The van der Waals surface area contributed by atoms with Crippen molar-refractivity contribution in [3.8, 4) is 5.75 Å². The highest BCUT2D eigenvalue weighted by molar-refractivity contribution is 6.24. The molecule has 4 rings (SSSR count). The van der Waals surface area contributed by atoms with E-state index in [0.717, 1.165) is 5.56 Å². The number of hydrogen-bond acceptors (Lipinski definition) is 10. The highest BCUT2D eigenvalue weighted by Gasteiger charge is 2.64. The molecule has 1 fully saturated rings. The normalized spacial score (nSPS) is 25.7. The van der Waals surface area contributed by atoms with E-state index in [0.29, 0.717) is 37.3 Å². The molecule has 11 nitrogen and oxygen atoms in total. The Morgan fingerprint density at radius 2 is 1.55 bits per heavy atom. The smallest absolute Gasteiger partial charge is 0.255 e. The minimum Gasteiger partial charge on any atom is -0.508 e. The largest absolute Gasteiger partial charge is 0.508 e. The molecule has 0 aliphatic heterocycles. The zero-order valence-corrected chi connectivity index (χ0v) is 27.1. The van der Waals surface area contributed by atoms with Crippen LogP contribution in [0.3, 0.4) is 0 Å². The van der Waals surface area contributed by atoms with Crippen molar-refractivity contribution in [2.24, 2.45) is 28.4 Å². The van der Waals surface area contributed by atoms with Crippen LogP contribution in [0.4, 0.5) is 0 Å². The Labute approximate surface area is 259 Å². The van der Waals surface area contributed by atoms with Crippen LogP contribution >= 0.6 is 0 Å². The van der Waals surface area contributed by atoms with Gasteiger partial charge in [-0.15, -0.1) is 0 Å². The Kier molecular flexibility index (Phi) is 8.86. The molecule has 8 N–H and O–H groups in total. The fourth-order valence-electron chi connectivity index (χ4n) is 6.89. The molecule has 0 spiro atoms. The van der Waals surface area contributed by atoms with E-state index in [1.165, 1.54) is 4.90 Å². The first kappa shape index (κ1) is 33.6. The van der Waals surface area contributed by atoms with Crippen molar-refractivity contribution >= 4 is 23.2 Å². The molecular formula is C33H48N4O7. The number of aliphatic hydroxyl groups is 3. The van der Waals surface area contributed by atoms with Gasteiger partial charge in [-0.2, -0.15) is 0 Å². The Balaban J connectivity index is 1.88. The first-order valence-corrected chi connectivity index (χ1v) is 15.1. The van der Waals surface area contributed by atoms with Crippen molar-refractivity contribution < 1.29 is 34.8 Å². The van der Waals surface area contributed by atoms with Crippen LogP contribution in [0.5, 0.6) is 5.75 Å². The van der Waals surface area contributed by atoms with E-state index in [4.69, 9.17) is 5.73 Å². The van der Waals surface area contributed by atoms with Crippen LogP contribution in [-0.2, 0) is 33.9 Å². The number of carbonyl (C=O) groups is 3. The maximum absolute atomic E-state index is 14.2. The SMILES string of the molecule is CN(C)C1C(=O)C(C(N)=O)=C(O)[C@]2(O)C(=O)C3=C(O)c4c(O)c(CNCC(C)(C)C)cc(CNCC(C)(C)C)c4C[C@@H]3C[C@H]12. The molecule has 1 amide bonds. The van der Waals surface area contributed by atoms with Gasteiger partial charge >= 0.3 is 0 Å². The second-order valence-corrected chi connectivity index (χ2v) is 15.2. The highest BCUT2D eigenvalue weighted by atomic mass is 16.3. The number of carbonyl (C=O) groups excluding carboxylic acids is 3. The zero-order valence-electron chi connectivity index (χ0n) is 27.1. The van der Waals surface area contributed by atoms with Crippen molar-refractivity contribution in [3.63, 3.8) is 0 Å². The predicted molar refractivity (Wildman–Crippen MR) is 167 cm³/mol. The molecule has 3 aliphatic carbocycles. The Morgan fingerprint density at radius 3 is 2.05 bits per heavy atom. The summed E-state index contributed by atoms with van der Waals surface area (Å²) in [6.07, 6.45) is 0.306. The van der Waals surface area contributed by atoms with E-state index >= 15 is 0 Å². The van der Waals surface area contributed by atoms with Crippen molar-refractivity contribution in [1.82, 2.24) is 15.5 Å². The number of phenols is 1. The molecule has 0 aromatic heterocycles. The fraction of sp³-hybridized carbons (Fsp3) is 0.606. The Morgan fingerprint density at radius 1 is 1.00 bits per heavy atom. The summed E-state index contributed by atoms with van der Waals surface area (Å²) in [5.41, 5.74) is 3.97. The molecule has 1 aromatic rings. The third-order valence-electron chi connectivity index (χ3n) is 8.83. The average molecular weight is 613 g/mol. The summed E-state index contributed by atoms with van der Waals surface area (Å²) in [4.78, 5) is 41.2. The van der Waals surface area contributed by atoms with Gasteiger partial charge in [0.1, 0.15) is 22.8 Å². The number of Topliss-reactive ketones (excluding diaryl/α,β-unsaturated/α-hetero) is 2. The van der Waals surface area contributed by atoms with E-state index in [1.54, 1.807) is 14.1 Å². The third-order valence-corrected chi connectivity index (χ3v) is 8.83. The van der Waals surface area contributed by atoms with Gasteiger partial charge in [-0.1, -0.05) is 41.5 Å². The molecule has 11 heteroatoms. The lowest BCUT2D eigenvalue weighted by Crippen LogP contribution is -2.65. The molecule has 0 radical (unpaired) electrons. The molecule has 1 unspecified atom stereocenters. The molecule has 0 heterocycles. The predicted octanol–water partition coefficient (Wildman–Crippen LogP) is 2.24. The van der Waals surface area contributed by atoms with Gasteiger partial charge in [0.15, 0.2) is 11.4 Å². The number of likely N-dealkylation sites (N-methyl/N-ethyl adjacent to an activating group) is 1. The van der Waals surface area contributed by atoms with Gasteiger partial charge in [0.25, 0.3) is 5.91 Å². The lowest BCUT2D eigenvalue weighted by Gasteiger charge is -2.50. The number of aliphatic hydroxyl groups excluding tert-OH is 2. The van der Waals surface area contributed by atoms with Crippen molar-refractivity contribution in [2.45, 2.75) is 79.1 Å². The number of rotatable bonds is 8. The number of primary amides is 1. The van der Waals surface area contributed by atoms with E-state index < -0.39 is 58.0 Å². The number of nitrogens with zero attached hydrogens (tertiary/aromatic N) is 1. The molecule has 242 valence electrons. The molecule has 0 saturated heterocycles. The minimum atomic E-state index is -2.66. The van der Waals surface area contributed by atoms with Crippen molar-refractivity contribution in [1.29, 1.82) is 0 Å². The lowest BCUT2D eigenvalue weighted by molar-refractivity contribution is -0.153. The summed E-state index contributed by atoms with van der Waals surface area (Å²) in [6.45, 7) is 14.8. The van der Waals surface area contributed by atoms with Crippen molar-refractivity contribution in [3.05, 3.63) is 45.2 Å². The van der Waals surface area contributed by atoms with Gasteiger partial charge in [0.2, 0.25) is 5.78 Å². The third kappa shape index (κ3) is 5.90. The number of amides is 1. The number of phenolic OH excluding ortho intramolecular Hbond substituents is 1. The van der Waals surface area contributed by atoms with Crippen LogP contribution in [0.1, 0.15) is 70.2 Å². The first-order chi connectivity index (χ1) is 20.2. The van der Waals surface area contributed by atoms with Gasteiger partial charge < -0.3 is 36.8 Å². The number of hydrogen-bond donors (Lipinski definition) is 7. The molecule has 1 aromatic carbocycles. The molecule has 0 bridgehead atoms. The van der Waals surface area contributed by atoms with Crippen LogP contribution < -0.4 is 16.4 Å². The summed E-state index contributed by atoms with van der Waals surface area (Å²) < 4.78 is 0. The fourth-order valence-corrected chi connectivity index (χ4v) is 6.89. The van der Waals surface area contributed by atoms with Crippen molar-refractivity contribution in [2.75, 3.05) is 27.2 Å². The monoisotopic (exact) mass is 612 g/mol. The first-order valence-electron chi connectivity index (χ1n) is 15.1. The summed E-state index contributed by atoms with van der Waals surface area (Å²) in [7, 11) is 3.17. The Bertz CT molecular complexity index is 1450. The molecule has 4 atom stereocenters. The van der Waals surface area contributed by atoms with Crippen LogP contribution in [-0.4, -0.2) is 81.6 Å². The number of benzene rings is 1.